The third kappa shape index (κ3) is 3.37. The highest BCUT2D eigenvalue weighted by Gasteiger charge is 2.33. The number of alkyl halides is 4. The standard InChI is InChI=1S/C8H6ClF3INO/c1-4-6(13)7(15-8(10,11)12)5(2-9)3-14-4/h3H,2H2,1H3. The fourth-order valence-corrected chi connectivity index (χ4v) is 1.70. The van der Waals surface area contributed by atoms with Crippen molar-refractivity contribution in [2.75, 3.05) is 0 Å². The Balaban J connectivity index is 3.18. The first kappa shape index (κ1) is 12.8. The number of aromatic nitrogens is 1. The molecule has 0 aliphatic rings. The zero-order valence-electron chi connectivity index (χ0n) is 7.53. The van der Waals surface area contributed by atoms with Crippen LogP contribution in [0.1, 0.15) is 11.3 Å². The number of ether oxygens (including phenoxy) is 1. The second kappa shape index (κ2) is 4.73. The number of rotatable bonds is 2. The third-order valence-corrected chi connectivity index (χ3v) is 3.14. The van der Waals surface area contributed by atoms with Crippen molar-refractivity contribution in [2.45, 2.75) is 19.2 Å². The van der Waals surface area contributed by atoms with Gasteiger partial charge in [-0.3, -0.25) is 4.98 Å². The molecule has 0 amide bonds. The van der Waals surface area contributed by atoms with E-state index in [2.05, 4.69) is 9.72 Å². The van der Waals surface area contributed by atoms with Crippen molar-refractivity contribution < 1.29 is 17.9 Å². The maximum absolute atomic E-state index is 12.1. The number of aryl methyl sites for hydroxylation is 1. The molecule has 84 valence electrons. The van der Waals surface area contributed by atoms with E-state index >= 15 is 0 Å². The number of pyridine rings is 1. The molecule has 0 radical (unpaired) electrons. The minimum absolute atomic E-state index is 0.0747. The Kier molecular flexibility index (Phi) is 4.05. The first-order valence-corrected chi connectivity index (χ1v) is 5.42. The van der Waals surface area contributed by atoms with E-state index in [1.807, 2.05) is 0 Å². The number of halogens is 5. The van der Waals surface area contributed by atoms with E-state index in [-0.39, 0.29) is 17.2 Å². The average Bonchev–Trinajstić information content (AvgIpc) is 2.11. The van der Waals surface area contributed by atoms with Crippen LogP contribution in [-0.4, -0.2) is 11.3 Å². The molecule has 1 aromatic rings. The Morgan fingerprint density at radius 2 is 2.13 bits per heavy atom. The van der Waals surface area contributed by atoms with Crippen molar-refractivity contribution in [1.29, 1.82) is 0 Å². The van der Waals surface area contributed by atoms with Gasteiger partial charge >= 0.3 is 6.36 Å². The topological polar surface area (TPSA) is 22.1 Å². The minimum Gasteiger partial charge on any atom is -0.404 e. The molecule has 0 unspecified atom stereocenters. The van der Waals surface area contributed by atoms with Crippen molar-refractivity contribution >= 4 is 34.2 Å². The van der Waals surface area contributed by atoms with Crippen molar-refractivity contribution in [3.8, 4) is 5.75 Å². The number of nitrogens with zero attached hydrogens (tertiary/aromatic N) is 1. The summed E-state index contributed by atoms with van der Waals surface area (Å²) in [7, 11) is 0. The summed E-state index contributed by atoms with van der Waals surface area (Å²) in [5, 5.41) is 0. The Morgan fingerprint density at radius 3 is 2.60 bits per heavy atom. The molecular weight excluding hydrogens is 345 g/mol. The Bertz CT molecular complexity index is 370. The molecule has 0 saturated heterocycles. The molecule has 0 N–H and O–H groups in total. The van der Waals surface area contributed by atoms with Crippen molar-refractivity contribution in [3.05, 3.63) is 21.0 Å². The molecule has 0 spiro atoms. The molecule has 7 heteroatoms. The minimum atomic E-state index is -4.71. The maximum atomic E-state index is 12.1. The number of hydrogen-bond acceptors (Lipinski definition) is 2. The fraction of sp³-hybridized carbons (Fsp3) is 0.375. The van der Waals surface area contributed by atoms with E-state index in [1.54, 1.807) is 29.5 Å². The van der Waals surface area contributed by atoms with E-state index in [4.69, 9.17) is 11.6 Å². The molecule has 0 bridgehead atoms. The molecule has 1 aromatic heterocycles. The highest BCUT2D eigenvalue weighted by atomic mass is 127. The smallest absolute Gasteiger partial charge is 0.404 e. The lowest BCUT2D eigenvalue weighted by molar-refractivity contribution is -0.275. The quantitative estimate of drug-likeness (QED) is 0.600. The molecule has 0 aliphatic heterocycles. The Hall–Kier alpha value is -0.240. The van der Waals surface area contributed by atoms with Gasteiger partial charge in [-0.2, -0.15) is 0 Å². The normalized spacial score (nSPS) is 11.6. The lowest BCUT2D eigenvalue weighted by Gasteiger charge is -2.14. The first-order valence-electron chi connectivity index (χ1n) is 3.81. The SMILES string of the molecule is Cc1ncc(CCl)c(OC(F)(F)F)c1I. The van der Waals surface area contributed by atoms with Gasteiger partial charge in [0, 0.05) is 11.8 Å². The summed E-state index contributed by atoms with van der Waals surface area (Å²) in [6, 6.07) is 0. The molecule has 0 atom stereocenters. The summed E-state index contributed by atoms with van der Waals surface area (Å²) in [6.07, 6.45) is -3.43. The molecule has 0 saturated carbocycles. The zero-order chi connectivity index (χ0) is 11.6. The molecule has 0 fully saturated rings. The van der Waals surface area contributed by atoms with Crippen molar-refractivity contribution in [2.24, 2.45) is 0 Å². The average molecular weight is 351 g/mol. The second-order valence-electron chi connectivity index (χ2n) is 2.69. The van der Waals surface area contributed by atoms with Gasteiger partial charge in [0.1, 0.15) is 0 Å². The molecule has 1 heterocycles. The first-order chi connectivity index (χ1) is 6.85. The van der Waals surface area contributed by atoms with Gasteiger partial charge in [-0.25, -0.2) is 0 Å². The van der Waals surface area contributed by atoms with Gasteiger partial charge in [0.15, 0.2) is 5.75 Å². The summed E-state index contributed by atoms with van der Waals surface area (Å²) in [5.74, 6) is -0.333. The van der Waals surface area contributed by atoms with Crippen LogP contribution in [0.2, 0.25) is 0 Å². The summed E-state index contributed by atoms with van der Waals surface area (Å²) in [4.78, 5) is 3.90. The highest BCUT2D eigenvalue weighted by Crippen LogP contribution is 2.32. The van der Waals surface area contributed by atoms with Gasteiger partial charge in [0.25, 0.3) is 0 Å². The van der Waals surface area contributed by atoms with Crippen LogP contribution in [0.5, 0.6) is 5.75 Å². The second-order valence-corrected chi connectivity index (χ2v) is 4.04. The lowest BCUT2D eigenvalue weighted by atomic mass is 10.2. The van der Waals surface area contributed by atoms with E-state index < -0.39 is 6.36 Å². The molecule has 0 aromatic carbocycles. The van der Waals surface area contributed by atoms with Crippen LogP contribution in [0.25, 0.3) is 0 Å². The van der Waals surface area contributed by atoms with E-state index in [0.29, 0.717) is 9.26 Å². The Morgan fingerprint density at radius 1 is 1.53 bits per heavy atom. The van der Waals surface area contributed by atoms with Gasteiger partial charge in [0.05, 0.1) is 15.1 Å². The van der Waals surface area contributed by atoms with Gasteiger partial charge in [-0.1, -0.05) is 0 Å². The molecule has 2 nitrogen and oxygen atoms in total. The number of hydrogen-bond donors (Lipinski definition) is 0. The van der Waals surface area contributed by atoms with Crippen LogP contribution in [0.15, 0.2) is 6.20 Å². The zero-order valence-corrected chi connectivity index (χ0v) is 10.4. The monoisotopic (exact) mass is 351 g/mol. The maximum Gasteiger partial charge on any atom is 0.573 e. The summed E-state index contributed by atoms with van der Waals surface area (Å²) < 4.78 is 40.5. The summed E-state index contributed by atoms with van der Waals surface area (Å²) >= 11 is 7.24. The predicted octanol–water partition coefficient (Wildman–Crippen LogP) is 3.63. The Labute approximate surface area is 103 Å². The van der Waals surface area contributed by atoms with Crippen LogP contribution < -0.4 is 4.74 Å². The molecule has 15 heavy (non-hydrogen) atoms. The van der Waals surface area contributed by atoms with Crippen LogP contribution in [0.4, 0.5) is 13.2 Å². The predicted molar refractivity (Wildman–Crippen MR) is 57.9 cm³/mol. The van der Waals surface area contributed by atoms with Crippen molar-refractivity contribution in [1.82, 2.24) is 4.98 Å². The van der Waals surface area contributed by atoms with E-state index in [1.165, 1.54) is 6.20 Å². The third-order valence-electron chi connectivity index (χ3n) is 1.58. The van der Waals surface area contributed by atoms with Gasteiger partial charge in [0.2, 0.25) is 0 Å². The molecular formula is C8H6ClF3INO. The van der Waals surface area contributed by atoms with Crippen molar-refractivity contribution in [3.63, 3.8) is 0 Å². The molecule has 0 aliphatic carbocycles. The lowest BCUT2D eigenvalue weighted by Crippen LogP contribution is -2.19. The van der Waals surface area contributed by atoms with E-state index in [0.717, 1.165) is 0 Å². The van der Waals surface area contributed by atoms with Crippen LogP contribution in [0.3, 0.4) is 0 Å². The van der Waals surface area contributed by atoms with Crippen LogP contribution >= 0.6 is 34.2 Å². The summed E-state index contributed by atoms with van der Waals surface area (Å²) in [6.45, 7) is 1.60. The van der Waals surface area contributed by atoms with Crippen LogP contribution in [-0.2, 0) is 5.88 Å². The largest absolute Gasteiger partial charge is 0.573 e. The van der Waals surface area contributed by atoms with Gasteiger partial charge in [-0.15, -0.1) is 24.8 Å². The van der Waals surface area contributed by atoms with Crippen LogP contribution in [0, 0.1) is 10.5 Å². The summed E-state index contributed by atoms with van der Waals surface area (Å²) in [5.41, 5.74) is 0.702. The fourth-order valence-electron chi connectivity index (χ4n) is 0.917. The van der Waals surface area contributed by atoms with Gasteiger partial charge in [-0.05, 0) is 29.5 Å². The van der Waals surface area contributed by atoms with Gasteiger partial charge < -0.3 is 4.74 Å². The van der Waals surface area contributed by atoms with E-state index in [9.17, 15) is 13.2 Å². The highest BCUT2D eigenvalue weighted by molar-refractivity contribution is 14.1. The molecule has 1 rings (SSSR count).